The fourth-order valence-corrected chi connectivity index (χ4v) is 3.30. The van der Waals surface area contributed by atoms with Gasteiger partial charge in [-0.2, -0.15) is 9.78 Å². The van der Waals surface area contributed by atoms with E-state index in [1.807, 2.05) is 20.8 Å². The van der Waals surface area contributed by atoms with E-state index >= 15 is 0 Å². The van der Waals surface area contributed by atoms with Gasteiger partial charge in [-0.3, -0.25) is 9.36 Å². The first-order valence-corrected chi connectivity index (χ1v) is 9.99. The quantitative estimate of drug-likeness (QED) is 0.667. The third-order valence-electron chi connectivity index (χ3n) is 4.20. The molecule has 9 heteroatoms. The molecule has 1 aromatic heterocycles. The van der Waals surface area contributed by atoms with Gasteiger partial charge in [-0.1, -0.05) is 32.4 Å². The van der Waals surface area contributed by atoms with Crippen molar-refractivity contribution in [2.24, 2.45) is 13.0 Å². The van der Waals surface area contributed by atoms with Crippen LogP contribution in [0.4, 0.5) is 5.69 Å². The monoisotopic (exact) mass is 457 g/mol. The number of carbonyl (C=O) groups excluding carboxylic acids is 1. The number of halogens is 2. The van der Waals surface area contributed by atoms with E-state index < -0.39 is 6.04 Å². The summed E-state index contributed by atoms with van der Waals surface area (Å²) < 4.78 is 3.40. The molecule has 1 heterocycles. The summed E-state index contributed by atoms with van der Waals surface area (Å²) >= 11 is 9.81. The number of rotatable bonds is 7. The second kappa shape index (κ2) is 8.93. The van der Waals surface area contributed by atoms with E-state index in [1.165, 1.54) is 9.25 Å². The summed E-state index contributed by atoms with van der Waals surface area (Å²) in [4.78, 5) is 24.8. The van der Waals surface area contributed by atoms with Crippen molar-refractivity contribution in [2.45, 2.75) is 40.2 Å². The second-order valence-electron chi connectivity index (χ2n) is 6.83. The Kier molecular flexibility index (Phi) is 7.11. The van der Waals surface area contributed by atoms with E-state index in [0.717, 1.165) is 0 Å². The minimum absolute atomic E-state index is 0.0690. The first-order valence-electron chi connectivity index (χ1n) is 8.82. The van der Waals surface area contributed by atoms with Gasteiger partial charge >= 0.3 is 5.69 Å². The lowest BCUT2D eigenvalue weighted by atomic mass is 10.1. The molecule has 2 aromatic rings. The SMILES string of the molecule is CCC(Nc1cc(-n2nc(C)n(C)c2=O)c(Cl)cc1Br)C(=O)NCC(C)C. The Hall–Kier alpha value is -1.80. The van der Waals surface area contributed by atoms with Crippen LogP contribution in [-0.2, 0) is 11.8 Å². The van der Waals surface area contributed by atoms with Gasteiger partial charge in [-0.05, 0) is 47.3 Å². The molecule has 0 aliphatic rings. The first-order chi connectivity index (χ1) is 12.6. The van der Waals surface area contributed by atoms with E-state index in [4.69, 9.17) is 11.6 Å². The summed E-state index contributed by atoms with van der Waals surface area (Å²) in [5, 5.41) is 10.8. The third kappa shape index (κ3) is 4.93. The van der Waals surface area contributed by atoms with Crippen LogP contribution < -0.4 is 16.3 Å². The van der Waals surface area contributed by atoms with E-state index in [-0.39, 0.29) is 11.6 Å². The van der Waals surface area contributed by atoms with E-state index in [1.54, 1.807) is 26.1 Å². The smallest absolute Gasteiger partial charge is 0.350 e. The lowest BCUT2D eigenvalue weighted by Gasteiger charge is -2.20. The van der Waals surface area contributed by atoms with Crippen molar-refractivity contribution in [3.05, 3.63) is 37.9 Å². The van der Waals surface area contributed by atoms with Gasteiger partial charge in [-0.25, -0.2) is 4.79 Å². The van der Waals surface area contributed by atoms with Crippen LogP contribution in [-0.4, -0.2) is 32.8 Å². The first kappa shape index (κ1) is 21.5. The van der Waals surface area contributed by atoms with Crippen LogP contribution in [0.1, 0.15) is 33.0 Å². The number of anilines is 1. The van der Waals surface area contributed by atoms with Crippen LogP contribution in [0, 0.1) is 12.8 Å². The van der Waals surface area contributed by atoms with Crippen LogP contribution in [0.3, 0.4) is 0 Å². The molecule has 0 saturated carbocycles. The van der Waals surface area contributed by atoms with Gasteiger partial charge < -0.3 is 10.6 Å². The molecular weight excluding hydrogens is 434 g/mol. The summed E-state index contributed by atoms with van der Waals surface area (Å²) in [6.07, 6.45) is 0.608. The predicted octanol–water partition coefficient (Wildman–Crippen LogP) is 3.26. The van der Waals surface area contributed by atoms with Crippen LogP contribution in [0.25, 0.3) is 5.69 Å². The number of nitrogens with zero attached hydrogens (tertiary/aromatic N) is 3. The Morgan fingerprint density at radius 2 is 2.04 bits per heavy atom. The Labute approximate surface area is 172 Å². The fourth-order valence-electron chi connectivity index (χ4n) is 2.47. The Morgan fingerprint density at radius 1 is 1.37 bits per heavy atom. The molecule has 148 valence electrons. The summed E-state index contributed by atoms with van der Waals surface area (Å²) in [6, 6.07) is 3.00. The summed E-state index contributed by atoms with van der Waals surface area (Å²) in [6.45, 7) is 8.39. The van der Waals surface area contributed by atoms with Crippen LogP contribution in [0.2, 0.25) is 5.02 Å². The van der Waals surface area contributed by atoms with Gasteiger partial charge in [0, 0.05) is 18.1 Å². The Bertz CT molecular complexity index is 891. The highest BCUT2D eigenvalue weighted by Crippen LogP contribution is 2.32. The van der Waals surface area contributed by atoms with Crippen LogP contribution >= 0.6 is 27.5 Å². The van der Waals surface area contributed by atoms with E-state index in [0.29, 0.717) is 45.6 Å². The molecule has 2 N–H and O–H groups in total. The molecule has 0 radical (unpaired) electrons. The van der Waals surface area contributed by atoms with Gasteiger partial charge in [0.2, 0.25) is 5.91 Å². The topological polar surface area (TPSA) is 81.0 Å². The minimum Gasteiger partial charge on any atom is -0.373 e. The van der Waals surface area contributed by atoms with Crippen molar-refractivity contribution >= 4 is 39.1 Å². The molecule has 0 spiro atoms. The Balaban J connectivity index is 2.36. The zero-order chi connectivity index (χ0) is 20.3. The maximum Gasteiger partial charge on any atom is 0.350 e. The lowest BCUT2D eigenvalue weighted by Crippen LogP contribution is -2.40. The number of amides is 1. The predicted molar refractivity (Wildman–Crippen MR) is 112 cm³/mol. The normalized spacial score (nSPS) is 12.3. The number of benzene rings is 1. The van der Waals surface area contributed by atoms with E-state index in [2.05, 4.69) is 31.7 Å². The van der Waals surface area contributed by atoms with Crippen molar-refractivity contribution in [3.8, 4) is 5.69 Å². The van der Waals surface area contributed by atoms with Crippen LogP contribution in [0.15, 0.2) is 21.4 Å². The molecule has 1 atom stereocenters. The van der Waals surface area contributed by atoms with Gasteiger partial charge in [0.25, 0.3) is 0 Å². The number of carbonyl (C=O) groups is 1. The largest absolute Gasteiger partial charge is 0.373 e. The molecule has 0 saturated heterocycles. The molecule has 1 aromatic carbocycles. The number of hydrogen-bond donors (Lipinski definition) is 2. The van der Waals surface area contributed by atoms with Crippen molar-refractivity contribution in [3.63, 3.8) is 0 Å². The zero-order valence-electron chi connectivity index (χ0n) is 16.1. The summed E-state index contributed by atoms with van der Waals surface area (Å²) in [5.41, 5.74) is 0.828. The number of aromatic nitrogens is 3. The lowest BCUT2D eigenvalue weighted by molar-refractivity contribution is -0.122. The molecule has 27 heavy (non-hydrogen) atoms. The number of nitrogens with one attached hydrogen (secondary N) is 2. The minimum atomic E-state index is -0.406. The molecule has 1 amide bonds. The van der Waals surface area contributed by atoms with Gasteiger partial charge in [0.1, 0.15) is 11.9 Å². The average Bonchev–Trinajstić information content (AvgIpc) is 2.86. The maximum atomic E-state index is 12.4. The summed E-state index contributed by atoms with van der Waals surface area (Å²) in [5.74, 6) is 0.882. The molecule has 7 nitrogen and oxygen atoms in total. The number of hydrogen-bond acceptors (Lipinski definition) is 4. The fraction of sp³-hybridized carbons (Fsp3) is 0.500. The molecule has 1 unspecified atom stereocenters. The Morgan fingerprint density at radius 3 is 2.56 bits per heavy atom. The zero-order valence-corrected chi connectivity index (χ0v) is 18.5. The maximum absolute atomic E-state index is 12.4. The van der Waals surface area contributed by atoms with E-state index in [9.17, 15) is 9.59 Å². The van der Waals surface area contributed by atoms with Crippen molar-refractivity contribution in [2.75, 3.05) is 11.9 Å². The molecule has 0 fully saturated rings. The highest BCUT2D eigenvalue weighted by atomic mass is 79.9. The average molecular weight is 459 g/mol. The second-order valence-corrected chi connectivity index (χ2v) is 8.09. The molecule has 2 rings (SSSR count). The van der Waals surface area contributed by atoms with Gasteiger partial charge in [0.15, 0.2) is 0 Å². The van der Waals surface area contributed by atoms with Crippen molar-refractivity contribution in [1.29, 1.82) is 0 Å². The highest BCUT2D eigenvalue weighted by molar-refractivity contribution is 9.10. The van der Waals surface area contributed by atoms with Crippen molar-refractivity contribution < 1.29 is 4.79 Å². The molecule has 0 aliphatic carbocycles. The number of aryl methyl sites for hydroxylation is 1. The van der Waals surface area contributed by atoms with Crippen LogP contribution in [0.5, 0.6) is 0 Å². The molecule has 0 aliphatic heterocycles. The standard InChI is InChI=1S/C18H25BrClN5O2/c1-6-14(17(26)21-9-10(2)3)22-15-8-16(13(20)7-12(15)19)25-18(27)24(5)11(4)23-25/h7-8,10,14,22H,6,9H2,1-5H3,(H,21,26). The van der Waals surface area contributed by atoms with Gasteiger partial charge in [-0.15, -0.1) is 0 Å². The van der Waals surface area contributed by atoms with Gasteiger partial charge in [0.05, 0.1) is 16.4 Å². The molecule has 0 bridgehead atoms. The van der Waals surface area contributed by atoms with Crippen molar-refractivity contribution in [1.82, 2.24) is 19.7 Å². The highest BCUT2D eigenvalue weighted by Gasteiger charge is 2.20. The third-order valence-corrected chi connectivity index (χ3v) is 5.16. The molecular formula is C18H25BrClN5O2. The summed E-state index contributed by atoms with van der Waals surface area (Å²) in [7, 11) is 1.65.